The van der Waals surface area contributed by atoms with Crippen LogP contribution in [-0.2, 0) is 16.1 Å². The molecule has 0 aliphatic carbocycles. The fraction of sp³-hybridized carbons (Fsp3) is 0.231. The third-order valence-electron chi connectivity index (χ3n) is 5.54. The van der Waals surface area contributed by atoms with Crippen molar-refractivity contribution in [2.24, 2.45) is 0 Å². The lowest BCUT2D eigenvalue weighted by Gasteiger charge is -2.24. The average molecular weight is 447 g/mol. The summed E-state index contributed by atoms with van der Waals surface area (Å²) in [6.45, 7) is 4.47. The Bertz CT molecular complexity index is 1210. The van der Waals surface area contributed by atoms with E-state index in [1.165, 1.54) is 23.3 Å². The van der Waals surface area contributed by atoms with Crippen molar-refractivity contribution in [1.82, 2.24) is 4.90 Å². The largest absolute Gasteiger partial charge is 0.508 e. The molecule has 3 aromatic rings. The van der Waals surface area contributed by atoms with Crippen LogP contribution in [0.15, 0.2) is 70.9 Å². The Hall–Kier alpha value is -4.00. The maximum atomic E-state index is 13.1. The highest BCUT2D eigenvalue weighted by atomic mass is 16.5. The fourth-order valence-corrected chi connectivity index (χ4v) is 3.98. The third kappa shape index (κ3) is 4.35. The molecular formula is C26H25NO6. The number of amides is 1. The third-order valence-corrected chi connectivity index (χ3v) is 5.54. The fourth-order valence-electron chi connectivity index (χ4n) is 3.98. The Morgan fingerprint density at radius 2 is 1.94 bits per heavy atom. The molecule has 0 saturated carbocycles. The van der Waals surface area contributed by atoms with Crippen molar-refractivity contribution in [3.8, 4) is 11.5 Å². The first-order chi connectivity index (χ1) is 15.9. The van der Waals surface area contributed by atoms with Crippen LogP contribution in [0.4, 0.5) is 0 Å². The molecule has 1 unspecified atom stereocenters. The number of Topliss-reactive ketones (excluding diaryl/α,β-unsaturated/α-hetero) is 1. The zero-order valence-corrected chi connectivity index (χ0v) is 18.4. The number of phenols is 1. The lowest BCUT2D eigenvalue weighted by atomic mass is 9.94. The number of hydrogen-bond acceptors (Lipinski definition) is 6. The zero-order valence-electron chi connectivity index (χ0n) is 18.4. The zero-order chi connectivity index (χ0) is 23.5. The number of carbonyl (C=O) groups excluding carboxylic acids is 2. The highest BCUT2D eigenvalue weighted by Crippen LogP contribution is 2.41. The number of benzene rings is 2. The normalized spacial score (nSPS) is 17.5. The van der Waals surface area contributed by atoms with Gasteiger partial charge in [-0.3, -0.25) is 9.59 Å². The summed E-state index contributed by atoms with van der Waals surface area (Å²) in [7, 11) is 0. The van der Waals surface area contributed by atoms with E-state index in [0.29, 0.717) is 29.2 Å². The van der Waals surface area contributed by atoms with Gasteiger partial charge in [0.25, 0.3) is 11.7 Å². The van der Waals surface area contributed by atoms with Gasteiger partial charge in [-0.25, -0.2) is 0 Å². The second-order valence-corrected chi connectivity index (χ2v) is 7.93. The molecule has 1 saturated heterocycles. The Labute approximate surface area is 191 Å². The minimum Gasteiger partial charge on any atom is -0.508 e. The lowest BCUT2D eigenvalue weighted by Crippen LogP contribution is -2.29. The van der Waals surface area contributed by atoms with Crippen molar-refractivity contribution in [3.05, 3.63) is 88.9 Å². The number of furan rings is 1. The van der Waals surface area contributed by atoms with Gasteiger partial charge in [0.1, 0.15) is 23.0 Å². The molecule has 7 nitrogen and oxygen atoms in total. The Morgan fingerprint density at radius 3 is 2.61 bits per heavy atom. The molecule has 1 amide bonds. The number of carbonyl (C=O) groups is 2. The molecule has 2 aromatic carbocycles. The predicted molar refractivity (Wildman–Crippen MR) is 122 cm³/mol. The number of aryl methyl sites for hydroxylation is 1. The summed E-state index contributed by atoms with van der Waals surface area (Å²) in [5.74, 6) is -0.651. The van der Waals surface area contributed by atoms with Crippen LogP contribution in [0.1, 0.15) is 41.8 Å². The van der Waals surface area contributed by atoms with E-state index in [9.17, 15) is 19.8 Å². The highest BCUT2D eigenvalue weighted by Gasteiger charge is 2.46. The molecule has 0 bridgehead atoms. The first-order valence-electron chi connectivity index (χ1n) is 10.7. The molecule has 1 aliphatic rings. The number of ketones is 1. The topological polar surface area (TPSA) is 100 Å². The monoisotopic (exact) mass is 447 g/mol. The SMILES string of the molecule is CCCOc1ccc(/C(O)=C2/C(=O)C(=O)N(Cc3ccco3)C2c2cccc(O)c2)cc1C. The Kier molecular flexibility index (Phi) is 6.22. The number of nitrogens with zero attached hydrogens (tertiary/aromatic N) is 1. The van der Waals surface area contributed by atoms with Gasteiger partial charge >= 0.3 is 0 Å². The lowest BCUT2D eigenvalue weighted by molar-refractivity contribution is -0.140. The molecule has 4 rings (SSSR count). The maximum absolute atomic E-state index is 13.1. The van der Waals surface area contributed by atoms with Crippen molar-refractivity contribution in [3.63, 3.8) is 0 Å². The van der Waals surface area contributed by atoms with Gasteiger partial charge in [0.2, 0.25) is 0 Å². The van der Waals surface area contributed by atoms with Crippen LogP contribution in [0.25, 0.3) is 5.76 Å². The average Bonchev–Trinajstić information content (AvgIpc) is 3.40. The first kappa shape index (κ1) is 22.2. The minimum absolute atomic E-state index is 0.00985. The minimum atomic E-state index is -0.890. The van der Waals surface area contributed by atoms with Gasteiger partial charge in [0.05, 0.1) is 31.0 Å². The van der Waals surface area contributed by atoms with E-state index in [4.69, 9.17) is 9.15 Å². The number of phenolic OH excluding ortho intramolecular Hbond substituents is 1. The molecule has 2 N–H and O–H groups in total. The van der Waals surface area contributed by atoms with Crippen LogP contribution in [0.2, 0.25) is 0 Å². The smallest absolute Gasteiger partial charge is 0.296 e. The van der Waals surface area contributed by atoms with Crippen LogP contribution >= 0.6 is 0 Å². The van der Waals surface area contributed by atoms with E-state index in [0.717, 1.165) is 12.0 Å². The number of rotatable bonds is 7. The quantitative estimate of drug-likeness (QED) is 0.309. The summed E-state index contributed by atoms with van der Waals surface area (Å²) in [5.41, 5.74) is 1.66. The molecule has 7 heteroatoms. The van der Waals surface area contributed by atoms with E-state index in [-0.39, 0.29) is 23.6 Å². The second kappa shape index (κ2) is 9.24. The molecule has 1 atom stereocenters. The van der Waals surface area contributed by atoms with E-state index in [2.05, 4.69) is 0 Å². The molecule has 33 heavy (non-hydrogen) atoms. The van der Waals surface area contributed by atoms with Gasteiger partial charge < -0.3 is 24.3 Å². The van der Waals surface area contributed by atoms with Gasteiger partial charge in [-0.15, -0.1) is 0 Å². The molecule has 0 radical (unpaired) electrons. The summed E-state index contributed by atoms with van der Waals surface area (Å²) < 4.78 is 11.1. The van der Waals surface area contributed by atoms with Crippen LogP contribution < -0.4 is 4.74 Å². The number of aliphatic hydroxyl groups is 1. The summed E-state index contributed by atoms with van der Waals surface area (Å²) in [4.78, 5) is 27.4. The second-order valence-electron chi connectivity index (χ2n) is 7.93. The van der Waals surface area contributed by atoms with Gasteiger partial charge in [0, 0.05) is 5.56 Å². The van der Waals surface area contributed by atoms with Crippen LogP contribution in [-0.4, -0.2) is 33.4 Å². The highest BCUT2D eigenvalue weighted by molar-refractivity contribution is 6.46. The van der Waals surface area contributed by atoms with Gasteiger partial charge in [-0.1, -0.05) is 19.1 Å². The number of hydrogen-bond donors (Lipinski definition) is 2. The van der Waals surface area contributed by atoms with Crippen molar-refractivity contribution >= 4 is 17.4 Å². The van der Waals surface area contributed by atoms with Crippen molar-refractivity contribution < 1.29 is 29.0 Å². The molecule has 2 heterocycles. The number of aliphatic hydroxyl groups excluding tert-OH is 1. The number of ether oxygens (including phenoxy) is 1. The van der Waals surface area contributed by atoms with Crippen molar-refractivity contribution in [2.45, 2.75) is 32.9 Å². The Balaban J connectivity index is 1.82. The maximum Gasteiger partial charge on any atom is 0.296 e. The molecule has 0 spiro atoms. The van der Waals surface area contributed by atoms with Gasteiger partial charge in [-0.05, 0) is 66.9 Å². The van der Waals surface area contributed by atoms with Gasteiger partial charge in [-0.2, -0.15) is 0 Å². The van der Waals surface area contributed by atoms with Gasteiger partial charge in [0.15, 0.2) is 0 Å². The van der Waals surface area contributed by atoms with Crippen LogP contribution in [0, 0.1) is 6.92 Å². The number of likely N-dealkylation sites (tertiary alicyclic amines) is 1. The molecule has 1 aromatic heterocycles. The number of aromatic hydroxyl groups is 1. The Morgan fingerprint density at radius 1 is 1.12 bits per heavy atom. The van der Waals surface area contributed by atoms with E-state index in [1.807, 2.05) is 13.8 Å². The van der Waals surface area contributed by atoms with Crippen molar-refractivity contribution in [2.75, 3.05) is 6.61 Å². The molecule has 1 fully saturated rings. The van der Waals surface area contributed by atoms with E-state index >= 15 is 0 Å². The van der Waals surface area contributed by atoms with Crippen LogP contribution in [0.3, 0.4) is 0 Å². The summed E-state index contributed by atoms with van der Waals surface area (Å²) in [6, 6.07) is 13.9. The summed E-state index contributed by atoms with van der Waals surface area (Å²) in [6.07, 6.45) is 2.35. The van der Waals surface area contributed by atoms with E-state index < -0.39 is 17.7 Å². The summed E-state index contributed by atoms with van der Waals surface area (Å²) >= 11 is 0. The molecule has 1 aliphatic heterocycles. The standard InChI is InChI=1S/C26H25NO6/c1-3-11-33-21-10-9-18(13-16(21)2)24(29)22-23(17-6-4-7-19(28)14-17)27(26(31)25(22)30)15-20-8-5-12-32-20/h4-10,12-14,23,28-29H,3,11,15H2,1-2H3/b24-22-. The first-order valence-corrected chi connectivity index (χ1v) is 10.7. The van der Waals surface area contributed by atoms with E-state index in [1.54, 1.807) is 42.5 Å². The molecule has 170 valence electrons. The predicted octanol–water partition coefficient (Wildman–Crippen LogP) is 4.70. The van der Waals surface area contributed by atoms with Crippen molar-refractivity contribution in [1.29, 1.82) is 0 Å². The van der Waals surface area contributed by atoms with Crippen LogP contribution in [0.5, 0.6) is 11.5 Å². The summed E-state index contributed by atoms with van der Waals surface area (Å²) in [5, 5.41) is 21.2. The molecular weight excluding hydrogens is 422 g/mol.